The first-order valence-corrected chi connectivity index (χ1v) is 16.8. The Hall–Kier alpha value is -4.35. The van der Waals surface area contributed by atoms with Crippen molar-refractivity contribution in [3.05, 3.63) is 93.6 Å². The Morgan fingerprint density at radius 3 is 2.62 bits per heavy atom. The fourth-order valence-corrected chi connectivity index (χ4v) is 7.05. The molecule has 0 spiro atoms. The van der Waals surface area contributed by atoms with E-state index in [1.807, 2.05) is 68.8 Å². The number of piperidine rings is 1. The molecule has 12 heteroatoms. The standard InChI is InChI=1S/C35H38ClN5O5S/c1-21(25-8-5-9-28(31(25)36)45-24-12-15-40(16-13-24)34(43)46-35(2,3)4)44-29-18-30(47-32(29)33(37)42)41-20-39-26-17-22(10-11-27(26)41)23-7-6-14-38-19-23/h5-11,14,18-22,24H,12-13,15-17H2,1-4H3,(H2,37,42). The van der Waals surface area contributed by atoms with Crippen LogP contribution < -0.4 is 15.2 Å². The third-order valence-electron chi connectivity index (χ3n) is 8.16. The zero-order valence-corrected chi connectivity index (χ0v) is 28.4. The van der Waals surface area contributed by atoms with Gasteiger partial charge in [0.15, 0.2) is 0 Å². The van der Waals surface area contributed by atoms with E-state index in [9.17, 15) is 9.59 Å². The maximum absolute atomic E-state index is 12.5. The number of hydrogen-bond donors (Lipinski definition) is 1. The minimum absolute atomic E-state index is 0.103. The van der Waals surface area contributed by atoms with Crippen molar-refractivity contribution in [1.82, 2.24) is 19.4 Å². The molecule has 3 aromatic heterocycles. The summed E-state index contributed by atoms with van der Waals surface area (Å²) in [5.41, 5.74) is 9.02. The highest BCUT2D eigenvalue weighted by molar-refractivity contribution is 7.16. The van der Waals surface area contributed by atoms with Crippen LogP contribution in [0.5, 0.6) is 11.5 Å². The predicted molar refractivity (Wildman–Crippen MR) is 182 cm³/mol. The summed E-state index contributed by atoms with van der Waals surface area (Å²) in [5, 5.41) is 1.20. The lowest BCUT2D eigenvalue weighted by Gasteiger charge is -2.33. The molecule has 246 valence electrons. The van der Waals surface area contributed by atoms with Crippen molar-refractivity contribution in [2.75, 3.05) is 13.1 Å². The minimum Gasteiger partial charge on any atom is -0.489 e. The molecule has 4 heterocycles. The van der Waals surface area contributed by atoms with Gasteiger partial charge in [0.05, 0.1) is 16.4 Å². The van der Waals surface area contributed by atoms with Gasteiger partial charge in [-0.1, -0.05) is 35.9 Å². The predicted octanol–water partition coefficient (Wildman–Crippen LogP) is 7.35. The summed E-state index contributed by atoms with van der Waals surface area (Å²) >= 11 is 8.12. The number of rotatable bonds is 8. The van der Waals surface area contributed by atoms with E-state index in [0.29, 0.717) is 52.9 Å². The highest BCUT2D eigenvalue weighted by atomic mass is 35.5. The van der Waals surface area contributed by atoms with Crippen molar-refractivity contribution in [3.63, 3.8) is 0 Å². The van der Waals surface area contributed by atoms with Crippen LogP contribution in [0.3, 0.4) is 0 Å². The number of ether oxygens (including phenoxy) is 3. The number of halogens is 1. The molecule has 2 atom stereocenters. The van der Waals surface area contributed by atoms with Gasteiger partial charge < -0.3 is 24.8 Å². The minimum atomic E-state index is -0.578. The lowest BCUT2D eigenvalue weighted by atomic mass is 9.91. The fourth-order valence-electron chi connectivity index (χ4n) is 5.80. The first kappa shape index (κ1) is 32.6. The largest absolute Gasteiger partial charge is 0.489 e. The Morgan fingerprint density at radius 2 is 1.91 bits per heavy atom. The summed E-state index contributed by atoms with van der Waals surface area (Å²) in [6, 6.07) is 11.4. The number of imidazole rings is 1. The number of fused-ring (bicyclic) bond motifs is 1. The maximum atomic E-state index is 12.5. The fraction of sp³-hybridized carbons (Fsp3) is 0.371. The molecule has 2 N–H and O–H groups in total. The number of likely N-dealkylation sites (tertiary alicyclic amines) is 1. The first-order valence-electron chi connectivity index (χ1n) is 15.6. The summed E-state index contributed by atoms with van der Waals surface area (Å²) in [6.45, 7) is 8.51. The summed E-state index contributed by atoms with van der Waals surface area (Å²) in [6.07, 6.45) is 10.8. The van der Waals surface area contributed by atoms with Gasteiger partial charge in [0.25, 0.3) is 5.91 Å². The molecule has 1 aliphatic carbocycles. The average molecular weight is 676 g/mol. The molecular weight excluding hydrogens is 638 g/mol. The summed E-state index contributed by atoms with van der Waals surface area (Å²) < 4.78 is 20.1. The number of benzene rings is 1. The van der Waals surface area contributed by atoms with Gasteiger partial charge in [0.2, 0.25) is 0 Å². The third kappa shape index (κ3) is 7.31. The second-order valence-electron chi connectivity index (χ2n) is 12.7. The number of carbonyl (C=O) groups excluding carboxylic acids is 2. The number of thiophene rings is 1. The molecule has 6 rings (SSSR count). The van der Waals surface area contributed by atoms with E-state index in [4.69, 9.17) is 31.5 Å². The number of pyridine rings is 1. The molecule has 10 nitrogen and oxygen atoms in total. The first-order chi connectivity index (χ1) is 22.5. The zero-order valence-electron chi connectivity index (χ0n) is 26.8. The normalized spacial score (nSPS) is 17.2. The number of allylic oxidation sites excluding steroid dienone is 1. The second-order valence-corrected chi connectivity index (χ2v) is 14.2. The Labute approximate surface area is 283 Å². The van der Waals surface area contributed by atoms with E-state index in [2.05, 4.69) is 28.2 Å². The van der Waals surface area contributed by atoms with Gasteiger partial charge in [-0.25, -0.2) is 9.78 Å². The molecule has 1 aliphatic heterocycles. The molecule has 1 fully saturated rings. The van der Waals surface area contributed by atoms with E-state index in [1.165, 1.54) is 11.3 Å². The van der Waals surface area contributed by atoms with E-state index in [-0.39, 0.29) is 18.1 Å². The number of hydrogen-bond acceptors (Lipinski definition) is 8. The highest BCUT2D eigenvalue weighted by Crippen LogP contribution is 2.40. The Kier molecular flexibility index (Phi) is 9.29. The molecule has 4 aromatic rings. The highest BCUT2D eigenvalue weighted by Gasteiger charge is 2.29. The summed E-state index contributed by atoms with van der Waals surface area (Å²) in [5.74, 6) is 0.527. The van der Waals surface area contributed by atoms with Crippen LogP contribution >= 0.6 is 22.9 Å². The van der Waals surface area contributed by atoms with Crippen molar-refractivity contribution in [3.8, 4) is 16.5 Å². The molecule has 2 aliphatic rings. The SMILES string of the molecule is CC(Oc1cc(-n2cnc3c2C=CC(c2cccnc2)C3)sc1C(N)=O)c1cccc(OC2CCN(C(=O)OC(C)(C)C)CC2)c1Cl. The zero-order chi connectivity index (χ0) is 33.3. The van der Waals surface area contributed by atoms with Gasteiger partial charge in [-0.15, -0.1) is 11.3 Å². The van der Waals surface area contributed by atoms with Crippen LogP contribution in [-0.2, 0) is 11.2 Å². The van der Waals surface area contributed by atoms with Crippen LogP contribution in [0.2, 0.25) is 5.02 Å². The Morgan fingerprint density at radius 1 is 1.13 bits per heavy atom. The van der Waals surface area contributed by atoms with E-state index in [1.54, 1.807) is 17.4 Å². The van der Waals surface area contributed by atoms with Gasteiger partial charge in [0.1, 0.15) is 45.5 Å². The topological polar surface area (TPSA) is 122 Å². The van der Waals surface area contributed by atoms with Crippen molar-refractivity contribution < 1.29 is 23.8 Å². The number of amides is 2. The third-order valence-corrected chi connectivity index (χ3v) is 9.70. The van der Waals surface area contributed by atoms with Gasteiger partial charge in [-0.05, 0) is 51.5 Å². The molecule has 1 saturated heterocycles. The molecule has 0 saturated carbocycles. The lowest BCUT2D eigenvalue weighted by Crippen LogP contribution is -2.44. The number of nitrogens with two attached hydrogens (primary N) is 1. The molecule has 2 amide bonds. The molecule has 0 radical (unpaired) electrons. The molecule has 1 aromatic carbocycles. The van der Waals surface area contributed by atoms with Crippen molar-refractivity contribution in [2.45, 2.75) is 70.7 Å². The monoisotopic (exact) mass is 675 g/mol. The van der Waals surface area contributed by atoms with Crippen LogP contribution in [0.25, 0.3) is 11.1 Å². The number of carbonyl (C=O) groups is 2. The van der Waals surface area contributed by atoms with Gasteiger partial charge in [0, 0.05) is 62.3 Å². The second kappa shape index (κ2) is 13.4. The van der Waals surface area contributed by atoms with Crippen LogP contribution in [0, 0.1) is 0 Å². The smallest absolute Gasteiger partial charge is 0.410 e. The number of primary amides is 1. The van der Waals surface area contributed by atoms with Crippen LogP contribution in [0.1, 0.15) is 84.7 Å². The van der Waals surface area contributed by atoms with Crippen molar-refractivity contribution in [2.24, 2.45) is 5.73 Å². The maximum Gasteiger partial charge on any atom is 0.410 e. The van der Waals surface area contributed by atoms with Gasteiger partial charge in [-0.2, -0.15) is 0 Å². The Balaban J connectivity index is 1.15. The van der Waals surface area contributed by atoms with E-state index in [0.717, 1.165) is 28.4 Å². The number of nitrogens with zero attached hydrogens (tertiary/aromatic N) is 4. The summed E-state index contributed by atoms with van der Waals surface area (Å²) in [7, 11) is 0. The molecule has 2 unspecified atom stereocenters. The van der Waals surface area contributed by atoms with Crippen molar-refractivity contribution >= 4 is 41.0 Å². The van der Waals surface area contributed by atoms with Crippen molar-refractivity contribution in [1.29, 1.82) is 0 Å². The molecular formula is C35H38ClN5O5S. The van der Waals surface area contributed by atoms with Gasteiger partial charge in [-0.3, -0.25) is 14.3 Å². The molecule has 47 heavy (non-hydrogen) atoms. The quantitative estimate of drug-likeness (QED) is 0.207. The van der Waals surface area contributed by atoms with Crippen LogP contribution in [0.4, 0.5) is 4.79 Å². The van der Waals surface area contributed by atoms with E-state index >= 15 is 0 Å². The average Bonchev–Trinajstić information content (AvgIpc) is 3.66. The van der Waals surface area contributed by atoms with Crippen LogP contribution in [0.15, 0.2) is 61.2 Å². The molecule has 0 bridgehead atoms. The van der Waals surface area contributed by atoms with E-state index < -0.39 is 17.6 Å². The lowest BCUT2D eigenvalue weighted by molar-refractivity contribution is 0.0126. The Bertz CT molecular complexity index is 1790. The van der Waals surface area contributed by atoms with Crippen LogP contribution in [-0.4, -0.2) is 56.2 Å². The summed E-state index contributed by atoms with van der Waals surface area (Å²) in [4.78, 5) is 35.9. The number of aromatic nitrogens is 3. The van der Waals surface area contributed by atoms with Gasteiger partial charge >= 0.3 is 6.09 Å².